The van der Waals surface area contributed by atoms with E-state index in [0.717, 1.165) is 56.8 Å². The molecular weight excluding hydrogens is 316 g/mol. The van der Waals surface area contributed by atoms with Crippen molar-refractivity contribution in [2.45, 2.75) is 52.1 Å². The third-order valence-corrected chi connectivity index (χ3v) is 5.31. The van der Waals surface area contributed by atoms with Gasteiger partial charge in [0.2, 0.25) is 0 Å². The van der Waals surface area contributed by atoms with Gasteiger partial charge >= 0.3 is 6.09 Å². The van der Waals surface area contributed by atoms with Gasteiger partial charge < -0.3 is 20.3 Å². The first kappa shape index (κ1) is 17.8. The second-order valence-electron chi connectivity index (χ2n) is 8.43. The van der Waals surface area contributed by atoms with Crippen LogP contribution in [0, 0.1) is 5.41 Å². The smallest absolute Gasteiger partial charge is 0.410 e. The van der Waals surface area contributed by atoms with Crippen molar-refractivity contribution in [2.24, 2.45) is 5.41 Å². The molecule has 2 fully saturated rings. The quantitative estimate of drug-likeness (QED) is 0.845. The number of carbonyl (C=O) groups excluding carboxylic acids is 1. The molecule has 0 bridgehead atoms. The third-order valence-electron chi connectivity index (χ3n) is 5.31. The summed E-state index contributed by atoms with van der Waals surface area (Å²) >= 11 is 0. The lowest BCUT2D eigenvalue weighted by atomic mass is 9.72. The van der Waals surface area contributed by atoms with Gasteiger partial charge in [0.05, 0.1) is 17.6 Å². The molecule has 0 unspecified atom stereocenters. The molecule has 6 nitrogen and oxygen atoms in total. The average molecular weight is 346 g/mol. The van der Waals surface area contributed by atoms with Gasteiger partial charge in [-0.05, 0) is 57.9 Å². The number of hydrogen-bond acceptors (Lipinski definition) is 5. The number of hydrogen-bond donors (Lipinski definition) is 1. The summed E-state index contributed by atoms with van der Waals surface area (Å²) in [4.78, 5) is 20.8. The molecule has 1 aromatic rings. The van der Waals surface area contributed by atoms with Gasteiger partial charge in [0, 0.05) is 32.4 Å². The highest BCUT2D eigenvalue weighted by Gasteiger charge is 2.40. The first-order chi connectivity index (χ1) is 11.8. The standard InChI is InChI=1S/C19H30N4O2/c1-18(2,3)25-17(24)23-10-4-6-19(14-23)7-11-22(12-8-19)16-5-9-21-13-15(16)20/h5,9,13H,4,6-8,10-12,14,20H2,1-3H3. The molecule has 0 aliphatic carbocycles. The number of likely N-dealkylation sites (tertiary alicyclic amines) is 1. The van der Waals surface area contributed by atoms with Crippen molar-refractivity contribution in [3.8, 4) is 0 Å². The molecule has 0 radical (unpaired) electrons. The van der Waals surface area contributed by atoms with Gasteiger partial charge in [-0.25, -0.2) is 4.79 Å². The molecule has 3 heterocycles. The molecule has 3 rings (SSSR count). The zero-order valence-corrected chi connectivity index (χ0v) is 15.6. The molecule has 2 aliphatic rings. The highest BCUT2D eigenvalue weighted by atomic mass is 16.6. The van der Waals surface area contributed by atoms with Crippen molar-refractivity contribution in [1.29, 1.82) is 0 Å². The van der Waals surface area contributed by atoms with Crippen LogP contribution < -0.4 is 10.6 Å². The minimum absolute atomic E-state index is 0.174. The van der Waals surface area contributed by atoms with Gasteiger partial charge in [-0.2, -0.15) is 0 Å². The minimum Gasteiger partial charge on any atom is -0.444 e. The van der Waals surface area contributed by atoms with E-state index < -0.39 is 5.60 Å². The monoisotopic (exact) mass is 346 g/mol. The van der Waals surface area contributed by atoms with Crippen LogP contribution in [-0.2, 0) is 4.74 Å². The first-order valence-electron chi connectivity index (χ1n) is 9.20. The van der Waals surface area contributed by atoms with Crippen LogP contribution in [0.2, 0.25) is 0 Å². The van der Waals surface area contributed by atoms with Gasteiger partial charge in [-0.1, -0.05) is 0 Å². The van der Waals surface area contributed by atoms with Gasteiger partial charge in [-0.15, -0.1) is 0 Å². The molecule has 1 amide bonds. The molecule has 0 aromatic carbocycles. The number of nitrogens with zero attached hydrogens (tertiary/aromatic N) is 3. The second kappa shape index (κ2) is 6.73. The molecule has 0 atom stereocenters. The van der Waals surface area contributed by atoms with E-state index in [2.05, 4.69) is 9.88 Å². The molecular formula is C19H30N4O2. The van der Waals surface area contributed by atoms with E-state index in [1.54, 1.807) is 12.4 Å². The van der Waals surface area contributed by atoms with Crippen LogP contribution in [0.3, 0.4) is 0 Å². The fourth-order valence-electron chi connectivity index (χ4n) is 4.01. The lowest BCUT2D eigenvalue weighted by Gasteiger charge is -2.48. The molecule has 138 valence electrons. The van der Waals surface area contributed by atoms with Crippen LogP contribution in [0.5, 0.6) is 0 Å². The SMILES string of the molecule is CC(C)(C)OC(=O)N1CCCC2(CCN(c3ccncc3N)CC2)C1. The van der Waals surface area contributed by atoms with Crippen LogP contribution >= 0.6 is 0 Å². The van der Waals surface area contributed by atoms with Crippen LogP contribution in [0.15, 0.2) is 18.5 Å². The van der Waals surface area contributed by atoms with Crippen molar-refractivity contribution in [3.63, 3.8) is 0 Å². The normalized spacial score (nSPS) is 20.6. The predicted octanol–water partition coefficient (Wildman–Crippen LogP) is 3.28. The van der Waals surface area contributed by atoms with E-state index in [-0.39, 0.29) is 11.5 Å². The molecule has 1 spiro atoms. The molecule has 6 heteroatoms. The van der Waals surface area contributed by atoms with Crippen LogP contribution in [-0.4, -0.2) is 47.8 Å². The number of amides is 1. The van der Waals surface area contributed by atoms with Crippen molar-refractivity contribution in [2.75, 3.05) is 36.8 Å². The number of pyridine rings is 1. The lowest BCUT2D eigenvalue weighted by molar-refractivity contribution is -0.000516. The lowest BCUT2D eigenvalue weighted by Crippen LogP contribution is -2.52. The van der Waals surface area contributed by atoms with Crippen LogP contribution in [0.4, 0.5) is 16.2 Å². The van der Waals surface area contributed by atoms with Crippen LogP contribution in [0.25, 0.3) is 0 Å². The van der Waals surface area contributed by atoms with E-state index in [0.29, 0.717) is 0 Å². The zero-order valence-electron chi connectivity index (χ0n) is 15.6. The first-order valence-corrected chi connectivity index (χ1v) is 9.20. The zero-order chi connectivity index (χ0) is 18.1. The largest absolute Gasteiger partial charge is 0.444 e. The average Bonchev–Trinajstić information content (AvgIpc) is 2.55. The maximum atomic E-state index is 12.4. The fraction of sp³-hybridized carbons (Fsp3) is 0.684. The number of anilines is 2. The van der Waals surface area contributed by atoms with Gasteiger partial charge in [-0.3, -0.25) is 4.98 Å². The summed E-state index contributed by atoms with van der Waals surface area (Å²) in [5, 5.41) is 0. The van der Waals surface area contributed by atoms with Crippen molar-refractivity contribution >= 4 is 17.5 Å². The number of nitrogen functional groups attached to an aromatic ring is 1. The number of nitrogens with two attached hydrogens (primary N) is 1. The van der Waals surface area contributed by atoms with Crippen molar-refractivity contribution < 1.29 is 9.53 Å². The summed E-state index contributed by atoms with van der Waals surface area (Å²) in [5.41, 5.74) is 7.65. The molecule has 0 saturated carbocycles. The number of carbonyl (C=O) groups is 1. The molecule has 2 N–H and O–H groups in total. The number of aromatic nitrogens is 1. The fourth-order valence-corrected chi connectivity index (χ4v) is 4.01. The minimum atomic E-state index is -0.441. The number of ether oxygens (including phenoxy) is 1. The maximum absolute atomic E-state index is 12.4. The van der Waals surface area contributed by atoms with E-state index in [4.69, 9.17) is 10.5 Å². The summed E-state index contributed by atoms with van der Waals surface area (Å²) in [5.74, 6) is 0. The summed E-state index contributed by atoms with van der Waals surface area (Å²) < 4.78 is 5.57. The molecule has 2 aliphatic heterocycles. The molecule has 25 heavy (non-hydrogen) atoms. The van der Waals surface area contributed by atoms with E-state index in [9.17, 15) is 4.79 Å². The Morgan fingerprint density at radius 3 is 2.60 bits per heavy atom. The topological polar surface area (TPSA) is 71.7 Å². The molecule has 2 saturated heterocycles. The number of piperidine rings is 2. The Balaban J connectivity index is 1.62. The number of rotatable bonds is 1. The van der Waals surface area contributed by atoms with Crippen molar-refractivity contribution in [1.82, 2.24) is 9.88 Å². The Hall–Kier alpha value is -1.98. The van der Waals surface area contributed by atoms with E-state index >= 15 is 0 Å². The predicted molar refractivity (Wildman–Crippen MR) is 99.6 cm³/mol. The maximum Gasteiger partial charge on any atom is 0.410 e. The molecule has 1 aromatic heterocycles. The summed E-state index contributed by atoms with van der Waals surface area (Å²) in [6.07, 6.45) is 7.73. The van der Waals surface area contributed by atoms with Crippen LogP contribution in [0.1, 0.15) is 46.5 Å². The third kappa shape index (κ3) is 4.17. The summed E-state index contributed by atoms with van der Waals surface area (Å²) in [6.45, 7) is 9.30. The van der Waals surface area contributed by atoms with E-state index in [1.165, 1.54) is 6.42 Å². The Bertz CT molecular complexity index is 618. The summed E-state index contributed by atoms with van der Waals surface area (Å²) in [7, 11) is 0. The van der Waals surface area contributed by atoms with Crippen molar-refractivity contribution in [3.05, 3.63) is 18.5 Å². The highest BCUT2D eigenvalue weighted by molar-refractivity contribution is 5.68. The Labute approximate surface area is 150 Å². The van der Waals surface area contributed by atoms with Gasteiger partial charge in [0.1, 0.15) is 5.60 Å². The van der Waals surface area contributed by atoms with Gasteiger partial charge in [0.25, 0.3) is 0 Å². The Morgan fingerprint density at radius 2 is 1.96 bits per heavy atom. The summed E-state index contributed by atoms with van der Waals surface area (Å²) in [6, 6.07) is 1.99. The Kier molecular flexibility index (Phi) is 4.80. The van der Waals surface area contributed by atoms with Gasteiger partial charge in [0.15, 0.2) is 0 Å². The second-order valence-corrected chi connectivity index (χ2v) is 8.43. The van der Waals surface area contributed by atoms with E-state index in [1.807, 2.05) is 31.7 Å². The highest BCUT2D eigenvalue weighted by Crippen LogP contribution is 2.41. The Morgan fingerprint density at radius 1 is 1.24 bits per heavy atom.